The van der Waals surface area contributed by atoms with E-state index in [1.165, 1.54) is 23.9 Å². The Morgan fingerprint density at radius 1 is 1.19 bits per heavy atom. The lowest BCUT2D eigenvalue weighted by molar-refractivity contribution is 0.626. The van der Waals surface area contributed by atoms with Crippen molar-refractivity contribution in [3.8, 4) is 0 Å². The van der Waals surface area contributed by atoms with Gasteiger partial charge in [-0.1, -0.05) is 23.7 Å². The number of benzene rings is 2. The molecule has 3 nitrogen and oxygen atoms in total. The van der Waals surface area contributed by atoms with E-state index in [1.807, 2.05) is 12.1 Å². The van der Waals surface area contributed by atoms with Crippen molar-refractivity contribution >= 4 is 40.0 Å². The van der Waals surface area contributed by atoms with Crippen LogP contribution in [0.1, 0.15) is 12.5 Å². The molecule has 1 atom stereocenters. The van der Waals surface area contributed by atoms with E-state index in [4.69, 9.17) is 11.6 Å². The number of rotatable bonds is 4. The van der Waals surface area contributed by atoms with E-state index in [1.54, 1.807) is 12.1 Å². The van der Waals surface area contributed by atoms with E-state index in [9.17, 15) is 4.39 Å². The van der Waals surface area contributed by atoms with Gasteiger partial charge in [0.25, 0.3) is 0 Å². The van der Waals surface area contributed by atoms with E-state index < -0.39 is 0 Å². The minimum Gasteiger partial charge on any atom is -0.379 e. The predicted molar refractivity (Wildman–Crippen MR) is 85.6 cm³/mol. The summed E-state index contributed by atoms with van der Waals surface area (Å²) in [5.74, 6) is -0.222. The molecule has 0 fully saturated rings. The molecule has 0 aliphatic carbocycles. The Labute approximate surface area is 131 Å². The van der Waals surface area contributed by atoms with Gasteiger partial charge >= 0.3 is 0 Å². The van der Waals surface area contributed by atoms with E-state index in [2.05, 4.69) is 21.0 Å². The molecule has 3 aromatic rings. The Hall–Kier alpha value is -1.72. The average molecular weight is 322 g/mol. The normalized spacial score (nSPS) is 12.5. The maximum Gasteiger partial charge on any atom is 0.129 e. The first kappa shape index (κ1) is 14.2. The summed E-state index contributed by atoms with van der Waals surface area (Å²) in [6, 6.07) is 10.3. The third kappa shape index (κ3) is 3.14. The van der Waals surface area contributed by atoms with Crippen molar-refractivity contribution in [2.45, 2.75) is 19.4 Å². The van der Waals surface area contributed by atoms with Crippen LogP contribution in [-0.4, -0.2) is 14.8 Å². The summed E-state index contributed by atoms with van der Waals surface area (Å²) < 4.78 is 21.4. The maximum atomic E-state index is 12.9. The molecule has 6 heteroatoms. The average Bonchev–Trinajstić information content (AvgIpc) is 2.93. The summed E-state index contributed by atoms with van der Waals surface area (Å²) in [5, 5.41) is 4.01. The van der Waals surface area contributed by atoms with Crippen molar-refractivity contribution < 1.29 is 4.39 Å². The number of anilines is 1. The molecule has 3 rings (SSSR count). The lowest BCUT2D eigenvalue weighted by atomic mass is 10.1. The fourth-order valence-electron chi connectivity index (χ4n) is 2.24. The van der Waals surface area contributed by atoms with Crippen LogP contribution in [0.3, 0.4) is 0 Å². The topological polar surface area (TPSA) is 37.8 Å². The van der Waals surface area contributed by atoms with Crippen molar-refractivity contribution in [1.29, 1.82) is 0 Å². The highest BCUT2D eigenvalue weighted by molar-refractivity contribution is 7.00. The smallest absolute Gasteiger partial charge is 0.129 e. The van der Waals surface area contributed by atoms with E-state index in [0.717, 1.165) is 28.7 Å². The van der Waals surface area contributed by atoms with Gasteiger partial charge in [0, 0.05) is 6.04 Å². The van der Waals surface area contributed by atoms with Crippen LogP contribution in [0.5, 0.6) is 0 Å². The Kier molecular flexibility index (Phi) is 4.03. The molecule has 0 saturated carbocycles. The molecule has 0 bridgehead atoms. The third-order valence-corrected chi connectivity index (χ3v) is 4.08. The van der Waals surface area contributed by atoms with Gasteiger partial charge in [0.15, 0.2) is 0 Å². The predicted octanol–water partition coefficient (Wildman–Crippen LogP) is 4.53. The van der Waals surface area contributed by atoms with Gasteiger partial charge < -0.3 is 5.32 Å². The molecular weight excluding hydrogens is 309 g/mol. The fourth-order valence-corrected chi connectivity index (χ4v) is 2.99. The summed E-state index contributed by atoms with van der Waals surface area (Å²) in [6.07, 6.45) is 0.768. The molecule has 21 heavy (non-hydrogen) atoms. The molecule has 1 unspecified atom stereocenters. The Bertz CT molecular complexity index is 757. The molecule has 2 aromatic carbocycles. The van der Waals surface area contributed by atoms with Gasteiger partial charge in [-0.2, -0.15) is 8.75 Å². The van der Waals surface area contributed by atoms with Crippen LogP contribution >= 0.6 is 23.3 Å². The minimum atomic E-state index is -0.222. The lowest BCUT2D eigenvalue weighted by Gasteiger charge is -2.16. The Morgan fingerprint density at radius 3 is 2.71 bits per heavy atom. The number of halogens is 2. The van der Waals surface area contributed by atoms with Gasteiger partial charge in [-0.05, 0) is 43.2 Å². The highest BCUT2D eigenvalue weighted by atomic mass is 35.5. The molecule has 0 saturated heterocycles. The quantitative estimate of drug-likeness (QED) is 0.767. The molecule has 1 heterocycles. The number of hydrogen-bond acceptors (Lipinski definition) is 4. The minimum absolute atomic E-state index is 0.139. The summed E-state index contributed by atoms with van der Waals surface area (Å²) in [7, 11) is 0. The molecular formula is C15H13ClFN3S. The van der Waals surface area contributed by atoms with Gasteiger partial charge in [-0.3, -0.25) is 0 Å². The first-order valence-corrected chi connectivity index (χ1v) is 7.66. The summed E-state index contributed by atoms with van der Waals surface area (Å²) in [4.78, 5) is 0. The largest absolute Gasteiger partial charge is 0.379 e. The maximum absolute atomic E-state index is 12.9. The second-order valence-corrected chi connectivity index (χ2v) is 5.87. The number of fused-ring (bicyclic) bond motifs is 1. The molecule has 1 N–H and O–H groups in total. The number of nitrogens with zero attached hydrogens (tertiary/aromatic N) is 2. The Balaban J connectivity index is 1.79. The molecule has 1 aromatic heterocycles. The van der Waals surface area contributed by atoms with Gasteiger partial charge in [-0.15, -0.1) is 0 Å². The first-order chi connectivity index (χ1) is 10.1. The van der Waals surface area contributed by atoms with Gasteiger partial charge in [0.2, 0.25) is 0 Å². The van der Waals surface area contributed by atoms with Crippen LogP contribution in [0.15, 0.2) is 36.4 Å². The second-order valence-electron chi connectivity index (χ2n) is 4.93. The molecule has 0 spiro atoms. The number of aromatic nitrogens is 2. The van der Waals surface area contributed by atoms with Crippen LogP contribution in [-0.2, 0) is 6.42 Å². The SMILES string of the molecule is CC(Cc1ccc(F)cc1)Nc1c(Cl)ccc2nsnc12. The first-order valence-electron chi connectivity index (χ1n) is 6.55. The van der Waals surface area contributed by atoms with Crippen LogP contribution in [0.4, 0.5) is 10.1 Å². The molecule has 0 radical (unpaired) electrons. The highest BCUT2D eigenvalue weighted by Crippen LogP contribution is 2.30. The van der Waals surface area contributed by atoms with Gasteiger partial charge in [-0.25, -0.2) is 4.39 Å². The van der Waals surface area contributed by atoms with E-state index >= 15 is 0 Å². The monoisotopic (exact) mass is 321 g/mol. The fraction of sp³-hybridized carbons (Fsp3) is 0.200. The van der Waals surface area contributed by atoms with E-state index in [-0.39, 0.29) is 11.9 Å². The number of hydrogen-bond donors (Lipinski definition) is 1. The van der Waals surface area contributed by atoms with Crippen LogP contribution in [0.25, 0.3) is 11.0 Å². The zero-order valence-corrected chi connectivity index (χ0v) is 12.9. The van der Waals surface area contributed by atoms with Crippen LogP contribution < -0.4 is 5.32 Å². The number of nitrogens with one attached hydrogen (secondary N) is 1. The molecule has 0 amide bonds. The summed E-state index contributed by atoms with van der Waals surface area (Å²) >= 11 is 7.42. The van der Waals surface area contributed by atoms with Gasteiger partial charge in [0.1, 0.15) is 16.9 Å². The third-order valence-electron chi connectivity index (χ3n) is 3.22. The van der Waals surface area contributed by atoms with Crippen molar-refractivity contribution in [1.82, 2.24) is 8.75 Å². The van der Waals surface area contributed by atoms with E-state index in [0.29, 0.717) is 5.02 Å². The highest BCUT2D eigenvalue weighted by Gasteiger charge is 2.12. The second kappa shape index (κ2) is 5.95. The van der Waals surface area contributed by atoms with Crippen LogP contribution in [0, 0.1) is 5.82 Å². The summed E-state index contributed by atoms with van der Waals surface area (Å²) in [5.41, 5.74) is 3.49. The standard InChI is InChI=1S/C15H13ClFN3S/c1-9(8-10-2-4-11(17)5-3-10)18-14-12(16)6-7-13-15(14)20-21-19-13/h2-7,9,18H,8H2,1H3. The molecule has 108 valence electrons. The lowest BCUT2D eigenvalue weighted by Crippen LogP contribution is -2.18. The molecule has 0 aliphatic rings. The van der Waals surface area contributed by atoms with Crippen molar-refractivity contribution in [2.75, 3.05) is 5.32 Å². The van der Waals surface area contributed by atoms with Gasteiger partial charge in [0.05, 0.1) is 22.4 Å². The summed E-state index contributed by atoms with van der Waals surface area (Å²) in [6.45, 7) is 2.05. The van der Waals surface area contributed by atoms with Crippen molar-refractivity contribution in [3.63, 3.8) is 0 Å². The molecule has 0 aliphatic heterocycles. The van der Waals surface area contributed by atoms with Crippen molar-refractivity contribution in [2.24, 2.45) is 0 Å². The zero-order chi connectivity index (χ0) is 14.8. The van der Waals surface area contributed by atoms with Crippen molar-refractivity contribution in [3.05, 3.63) is 52.8 Å². The van der Waals surface area contributed by atoms with Crippen LogP contribution in [0.2, 0.25) is 5.02 Å². The Morgan fingerprint density at radius 2 is 1.95 bits per heavy atom. The zero-order valence-electron chi connectivity index (χ0n) is 11.3.